The van der Waals surface area contributed by atoms with E-state index in [9.17, 15) is 9.59 Å². The van der Waals surface area contributed by atoms with Crippen LogP contribution >= 0.6 is 0 Å². The van der Waals surface area contributed by atoms with Crippen molar-refractivity contribution in [1.82, 2.24) is 14.7 Å². The number of hydrogen-bond donors (Lipinski definition) is 2. The molecule has 0 saturated carbocycles. The van der Waals surface area contributed by atoms with E-state index in [0.717, 1.165) is 11.9 Å². The minimum Gasteiger partial charge on any atom is -0.465 e. The first-order valence-electron chi connectivity index (χ1n) is 8.52. The predicted molar refractivity (Wildman–Crippen MR) is 99.3 cm³/mol. The van der Waals surface area contributed by atoms with E-state index in [2.05, 4.69) is 16.4 Å². The van der Waals surface area contributed by atoms with Crippen LogP contribution < -0.4 is 5.32 Å². The van der Waals surface area contributed by atoms with Crippen LogP contribution in [0.4, 0.5) is 4.79 Å². The summed E-state index contributed by atoms with van der Waals surface area (Å²) >= 11 is 0. The topological polar surface area (TPSA) is 114 Å². The Hall–Kier alpha value is -2.94. The number of aromatic nitrogens is 2. The normalized spacial score (nSPS) is 19.3. The van der Waals surface area contributed by atoms with Gasteiger partial charge in [0.25, 0.3) is 0 Å². The molecule has 1 amide bonds. The van der Waals surface area contributed by atoms with Gasteiger partial charge in [0.15, 0.2) is 5.70 Å². The maximum Gasteiger partial charge on any atom is 0.411 e. The molecule has 0 spiro atoms. The fourth-order valence-electron chi connectivity index (χ4n) is 2.67. The van der Waals surface area contributed by atoms with Crippen LogP contribution in [0.15, 0.2) is 30.7 Å². The van der Waals surface area contributed by atoms with E-state index < -0.39 is 17.7 Å². The summed E-state index contributed by atoms with van der Waals surface area (Å²) in [6.45, 7) is 10.00. The number of piperazine rings is 1. The lowest BCUT2D eigenvalue weighted by Gasteiger charge is -2.34. The van der Waals surface area contributed by atoms with E-state index in [1.165, 1.54) is 24.2 Å². The average molecular weight is 376 g/mol. The smallest absolute Gasteiger partial charge is 0.411 e. The largest absolute Gasteiger partial charge is 0.465 e. The lowest BCUT2D eigenvalue weighted by atomic mass is 10.1. The molecule has 0 aliphatic carbocycles. The number of allylic oxidation sites excluding steroid dienone is 1. The van der Waals surface area contributed by atoms with Gasteiger partial charge in [-0.3, -0.25) is 4.90 Å². The van der Waals surface area contributed by atoms with Crippen molar-refractivity contribution in [2.45, 2.75) is 32.4 Å². The number of quaternary nitrogens is 1. The second kappa shape index (κ2) is 8.17. The van der Waals surface area contributed by atoms with Crippen LogP contribution in [0.1, 0.15) is 31.1 Å². The third kappa shape index (κ3) is 4.82. The molecule has 146 valence electrons. The minimum absolute atomic E-state index is 0.196. The fourth-order valence-corrected chi connectivity index (χ4v) is 2.67. The maximum absolute atomic E-state index is 12.6. The Morgan fingerprint density at radius 2 is 2.15 bits per heavy atom. The Morgan fingerprint density at radius 3 is 2.70 bits per heavy atom. The molecule has 0 bridgehead atoms. The van der Waals surface area contributed by atoms with E-state index >= 15 is 0 Å². The molecular formula is C18H26N5O4+. The zero-order valence-corrected chi connectivity index (χ0v) is 16.1. The number of methoxy groups -OCH3 is 1. The van der Waals surface area contributed by atoms with Crippen molar-refractivity contribution in [2.24, 2.45) is 0 Å². The minimum atomic E-state index is -0.615. The molecule has 3 N–H and O–H groups in total. The first-order valence-corrected chi connectivity index (χ1v) is 8.52. The van der Waals surface area contributed by atoms with Gasteiger partial charge >= 0.3 is 12.1 Å². The van der Waals surface area contributed by atoms with Crippen molar-refractivity contribution >= 4 is 24.0 Å². The highest BCUT2D eigenvalue weighted by atomic mass is 16.6. The molecular weight excluding hydrogens is 350 g/mol. The second-order valence-electron chi connectivity index (χ2n) is 7.07. The summed E-state index contributed by atoms with van der Waals surface area (Å²) < 4.78 is 11.6. The molecule has 9 nitrogen and oxygen atoms in total. The van der Waals surface area contributed by atoms with Crippen LogP contribution in [0.5, 0.6) is 0 Å². The van der Waals surface area contributed by atoms with Crippen molar-refractivity contribution in [1.29, 1.82) is 5.41 Å². The summed E-state index contributed by atoms with van der Waals surface area (Å²) in [7, 11) is 1.29. The lowest BCUT2D eigenvalue weighted by molar-refractivity contribution is -0.619. The SMILES string of the molecule is C=C[C@H]1C[NH2+]/C(=C(\C=N)n2cc(C(=O)OC)cn2)CN1C(=O)OC(C)(C)C. The van der Waals surface area contributed by atoms with Crippen LogP contribution in [0.2, 0.25) is 0 Å². The molecule has 0 unspecified atom stereocenters. The van der Waals surface area contributed by atoms with Gasteiger partial charge in [-0.25, -0.2) is 14.3 Å². The number of amides is 1. The highest BCUT2D eigenvalue weighted by molar-refractivity contribution is 6.01. The molecule has 27 heavy (non-hydrogen) atoms. The number of rotatable bonds is 4. The number of carbonyl (C=O) groups excluding carboxylic acids is 2. The second-order valence-corrected chi connectivity index (χ2v) is 7.07. The standard InChI is InChI=1S/C18H25N5O4/c1-6-13-9-20-14(11-22(13)17(25)27-18(2,3)4)15(7-19)23-10-12(8-21-23)16(24)26-5/h6-8,10,13,19-20H,1,9,11H2,2-5H3/p+1/b15-14+,19-7?/t13-/m0/s1. The van der Waals surface area contributed by atoms with Crippen LogP contribution in [-0.2, 0) is 9.47 Å². The van der Waals surface area contributed by atoms with E-state index in [1.54, 1.807) is 11.0 Å². The van der Waals surface area contributed by atoms with E-state index in [0.29, 0.717) is 12.2 Å². The van der Waals surface area contributed by atoms with Gasteiger partial charge in [0.05, 0.1) is 18.9 Å². The zero-order valence-electron chi connectivity index (χ0n) is 16.1. The van der Waals surface area contributed by atoms with Gasteiger partial charge in [0, 0.05) is 12.4 Å². The molecule has 1 aromatic rings. The molecule has 1 atom stereocenters. The number of carbonyl (C=O) groups is 2. The Balaban J connectivity index is 2.33. The number of ether oxygens (including phenoxy) is 2. The number of nitrogens with one attached hydrogen (secondary N) is 1. The quantitative estimate of drug-likeness (QED) is 0.459. The van der Waals surface area contributed by atoms with Gasteiger partial charge in [-0.15, -0.1) is 6.58 Å². The molecule has 9 heteroatoms. The molecule has 1 saturated heterocycles. The monoisotopic (exact) mass is 376 g/mol. The van der Waals surface area contributed by atoms with Crippen molar-refractivity contribution in [3.63, 3.8) is 0 Å². The Labute approximate surface area is 158 Å². The number of esters is 1. The molecule has 1 aliphatic heterocycles. The van der Waals surface area contributed by atoms with E-state index in [1.807, 2.05) is 26.1 Å². The Kier molecular flexibility index (Phi) is 6.17. The molecule has 1 fully saturated rings. The molecule has 1 aliphatic rings. The third-order valence-corrected chi connectivity index (χ3v) is 3.96. The third-order valence-electron chi connectivity index (χ3n) is 3.96. The summed E-state index contributed by atoms with van der Waals surface area (Å²) in [5, 5.41) is 13.8. The summed E-state index contributed by atoms with van der Waals surface area (Å²) in [5.41, 5.74) is 0.853. The van der Waals surface area contributed by atoms with Crippen molar-refractivity contribution < 1.29 is 24.4 Å². The van der Waals surface area contributed by atoms with E-state index in [-0.39, 0.29) is 18.2 Å². The average Bonchev–Trinajstić information content (AvgIpc) is 3.10. The maximum atomic E-state index is 12.6. The molecule has 0 radical (unpaired) electrons. The fraction of sp³-hybridized carbons (Fsp3) is 0.444. The predicted octanol–water partition coefficient (Wildman–Crippen LogP) is 0.857. The van der Waals surface area contributed by atoms with Crippen LogP contribution in [-0.4, -0.2) is 64.8 Å². The summed E-state index contributed by atoms with van der Waals surface area (Å²) in [6.07, 6.45) is 5.26. The summed E-state index contributed by atoms with van der Waals surface area (Å²) in [4.78, 5) is 25.8. The van der Waals surface area contributed by atoms with Gasteiger partial charge in [0.2, 0.25) is 0 Å². The highest BCUT2D eigenvalue weighted by Crippen LogP contribution is 2.16. The van der Waals surface area contributed by atoms with Crippen LogP contribution in [0.25, 0.3) is 5.70 Å². The summed E-state index contributed by atoms with van der Waals surface area (Å²) in [5.74, 6) is -0.509. The van der Waals surface area contributed by atoms with Crippen molar-refractivity contribution in [3.8, 4) is 0 Å². The van der Waals surface area contributed by atoms with Crippen molar-refractivity contribution in [3.05, 3.63) is 36.3 Å². The van der Waals surface area contributed by atoms with Crippen LogP contribution in [0, 0.1) is 5.41 Å². The lowest BCUT2D eigenvalue weighted by Crippen LogP contribution is -2.90. The molecule has 2 rings (SSSR count). The van der Waals surface area contributed by atoms with Gasteiger partial charge in [-0.05, 0) is 20.8 Å². The number of nitrogens with two attached hydrogens (primary N) is 1. The van der Waals surface area contributed by atoms with Gasteiger partial charge in [-0.1, -0.05) is 6.08 Å². The number of nitrogens with zero attached hydrogens (tertiary/aromatic N) is 3. The van der Waals surface area contributed by atoms with Gasteiger partial charge < -0.3 is 20.2 Å². The zero-order chi connectivity index (χ0) is 20.2. The van der Waals surface area contributed by atoms with E-state index in [4.69, 9.17) is 10.1 Å². The highest BCUT2D eigenvalue weighted by Gasteiger charge is 2.34. The van der Waals surface area contributed by atoms with Crippen LogP contribution in [0.3, 0.4) is 0 Å². The summed E-state index contributed by atoms with van der Waals surface area (Å²) in [6, 6.07) is -0.196. The Bertz CT molecular complexity index is 775. The first-order chi connectivity index (χ1) is 12.7. The molecule has 1 aromatic heterocycles. The Morgan fingerprint density at radius 1 is 1.44 bits per heavy atom. The molecule has 2 heterocycles. The van der Waals surface area contributed by atoms with Gasteiger partial charge in [-0.2, -0.15) is 5.10 Å². The number of hydrogen-bond acceptors (Lipinski definition) is 6. The molecule has 0 aromatic carbocycles. The van der Waals surface area contributed by atoms with Gasteiger partial charge in [0.1, 0.15) is 30.4 Å². The van der Waals surface area contributed by atoms with Crippen molar-refractivity contribution in [2.75, 3.05) is 20.2 Å². The first kappa shape index (κ1) is 20.4.